The van der Waals surface area contributed by atoms with Crippen molar-refractivity contribution in [2.45, 2.75) is 39.0 Å². The monoisotopic (exact) mass is 398 g/mol. The van der Waals surface area contributed by atoms with Crippen LogP contribution in [-0.4, -0.2) is 10.9 Å². The molecule has 4 rings (SSSR count). The summed E-state index contributed by atoms with van der Waals surface area (Å²) in [5.74, 6) is 0.564. The third kappa shape index (κ3) is 4.60. The molecule has 4 aromatic rings. The smallest absolute Gasteiger partial charge is 0.227 e. The molecule has 0 unspecified atom stereocenters. The third-order valence-corrected chi connectivity index (χ3v) is 5.15. The molecule has 0 aliphatic carbocycles. The number of anilines is 1. The molecule has 0 saturated heterocycles. The summed E-state index contributed by atoms with van der Waals surface area (Å²) in [4.78, 5) is 16.9. The molecule has 0 saturated carbocycles. The Kier molecular flexibility index (Phi) is 5.40. The Hall–Kier alpha value is -3.40. The molecule has 0 atom stereocenters. The average Bonchev–Trinajstić information content (AvgIpc) is 3.16. The maximum atomic E-state index is 12.3. The molecule has 30 heavy (non-hydrogen) atoms. The molecule has 0 fully saturated rings. The van der Waals surface area contributed by atoms with Crippen molar-refractivity contribution in [3.8, 4) is 11.5 Å². The zero-order valence-electron chi connectivity index (χ0n) is 17.6. The lowest BCUT2D eigenvalue weighted by atomic mass is 9.87. The van der Waals surface area contributed by atoms with Gasteiger partial charge in [0.15, 0.2) is 5.58 Å². The molecule has 4 heteroatoms. The van der Waals surface area contributed by atoms with Crippen LogP contribution in [0.5, 0.6) is 0 Å². The first-order valence-corrected chi connectivity index (χ1v) is 10.2. The summed E-state index contributed by atoms with van der Waals surface area (Å²) in [7, 11) is 0. The van der Waals surface area contributed by atoms with Gasteiger partial charge in [0, 0.05) is 23.7 Å². The number of nitrogens with zero attached hydrogens (tertiary/aromatic N) is 1. The normalized spacial score (nSPS) is 11.6. The lowest BCUT2D eigenvalue weighted by Gasteiger charge is -2.18. The predicted molar refractivity (Wildman–Crippen MR) is 122 cm³/mol. The van der Waals surface area contributed by atoms with Gasteiger partial charge in [-0.25, -0.2) is 4.98 Å². The molecular weight excluding hydrogens is 372 g/mol. The van der Waals surface area contributed by atoms with Crippen LogP contribution in [0.1, 0.15) is 38.3 Å². The second-order valence-electron chi connectivity index (χ2n) is 8.56. The van der Waals surface area contributed by atoms with E-state index in [0.717, 1.165) is 16.6 Å². The highest BCUT2D eigenvalue weighted by atomic mass is 16.3. The first-order valence-electron chi connectivity index (χ1n) is 10.2. The molecular formula is C26H26N2O2. The van der Waals surface area contributed by atoms with E-state index in [0.29, 0.717) is 30.0 Å². The number of oxazole rings is 1. The average molecular weight is 399 g/mol. The summed E-state index contributed by atoms with van der Waals surface area (Å²) in [6, 6.07) is 23.9. The van der Waals surface area contributed by atoms with Gasteiger partial charge < -0.3 is 9.73 Å². The lowest BCUT2D eigenvalue weighted by Crippen LogP contribution is -2.12. The fraction of sp³-hybridized carbons (Fsp3) is 0.231. The van der Waals surface area contributed by atoms with Crippen LogP contribution in [-0.2, 0) is 16.6 Å². The van der Waals surface area contributed by atoms with Gasteiger partial charge in [-0.2, -0.15) is 0 Å². The minimum Gasteiger partial charge on any atom is -0.436 e. The highest BCUT2D eigenvalue weighted by Gasteiger charge is 2.15. The van der Waals surface area contributed by atoms with E-state index in [9.17, 15) is 4.79 Å². The largest absolute Gasteiger partial charge is 0.436 e. The quantitative estimate of drug-likeness (QED) is 0.425. The van der Waals surface area contributed by atoms with Crippen molar-refractivity contribution in [2.24, 2.45) is 0 Å². The first kappa shape index (κ1) is 19.9. The molecule has 1 amide bonds. The number of hydrogen-bond acceptors (Lipinski definition) is 3. The van der Waals surface area contributed by atoms with E-state index in [1.165, 1.54) is 5.56 Å². The van der Waals surface area contributed by atoms with Crippen molar-refractivity contribution in [1.82, 2.24) is 4.98 Å². The number of aryl methyl sites for hydroxylation is 1. The van der Waals surface area contributed by atoms with Crippen molar-refractivity contribution in [3.63, 3.8) is 0 Å². The number of amides is 1. The van der Waals surface area contributed by atoms with Crippen molar-refractivity contribution in [2.75, 3.05) is 5.32 Å². The maximum absolute atomic E-state index is 12.3. The van der Waals surface area contributed by atoms with Gasteiger partial charge >= 0.3 is 0 Å². The number of carbonyl (C=O) groups excluding carboxylic acids is 1. The third-order valence-electron chi connectivity index (χ3n) is 5.15. The predicted octanol–water partition coefficient (Wildman–Crippen LogP) is 6.36. The van der Waals surface area contributed by atoms with E-state index in [4.69, 9.17) is 4.42 Å². The van der Waals surface area contributed by atoms with Crippen LogP contribution < -0.4 is 5.32 Å². The van der Waals surface area contributed by atoms with Gasteiger partial charge in [0.1, 0.15) is 5.52 Å². The van der Waals surface area contributed by atoms with Crippen molar-refractivity contribution in [3.05, 3.63) is 83.9 Å². The molecule has 0 radical (unpaired) electrons. The van der Waals surface area contributed by atoms with Crippen LogP contribution >= 0.6 is 0 Å². The van der Waals surface area contributed by atoms with Crippen molar-refractivity contribution >= 4 is 22.7 Å². The molecule has 4 nitrogen and oxygen atoms in total. The van der Waals surface area contributed by atoms with Crippen LogP contribution in [0.3, 0.4) is 0 Å². The first-order chi connectivity index (χ1) is 14.4. The summed E-state index contributed by atoms with van der Waals surface area (Å²) in [6.45, 7) is 6.57. The number of carbonyl (C=O) groups is 1. The van der Waals surface area contributed by atoms with Crippen molar-refractivity contribution in [1.29, 1.82) is 0 Å². The zero-order chi connectivity index (χ0) is 21.1. The minimum atomic E-state index is -0.0179. The summed E-state index contributed by atoms with van der Waals surface area (Å²) >= 11 is 0. The Balaban J connectivity index is 1.46. The Morgan fingerprint density at radius 2 is 1.70 bits per heavy atom. The van der Waals surface area contributed by atoms with Crippen LogP contribution in [0, 0.1) is 0 Å². The Morgan fingerprint density at radius 3 is 2.40 bits per heavy atom. The zero-order valence-corrected chi connectivity index (χ0v) is 17.6. The van der Waals surface area contributed by atoms with Gasteiger partial charge in [-0.15, -0.1) is 0 Å². The number of benzene rings is 3. The molecule has 0 aliphatic rings. The van der Waals surface area contributed by atoms with E-state index in [1.807, 2.05) is 60.7 Å². The number of rotatable bonds is 5. The lowest BCUT2D eigenvalue weighted by molar-refractivity contribution is -0.116. The van der Waals surface area contributed by atoms with E-state index in [1.54, 1.807) is 0 Å². The number of fused-ring (bicyclic) bond motifs is 1. The standard InChI is InChI=1S/C26H26N2O2/c1-26(2,3)20-12-10-19(11-13-20)25-28-22-15-14-21(17-23(22)30-25)27-24(29)16-9-18-7-5-4-6-8-18/h4-8,10-15,17H,9,16H2,1-3H3,(H,27,29). The Morgan fingerprint density at radius 1 is 0.967 bits per heavy atom. The van der Waals surface area contributed by atoms with Crippen LogP contribution in [0.2, 0.25) is 0 Å². The van der Waals surface area contributed by atoms with E-state index in [-0.39, 0.29) is 11.3 Å². The molecule has 152 valence electrons. The Bertz CT molecular complexity index is 1150. The summed E-state index contributed by atoms with van der Waals surface area (Å²) in [6.07, 6.45) is 1.15. The second kappa shape index (κ2) is 8.15. The number of nitrogens with one attached hydrogen (secondary N) is 1. The second-order valence-corrected chi connectivity index (χ2v) is 8.56. The highest BCUT2D eigenvalue weighted by molar-refractivity contribution is 5.93. The molecule has 1 aromatic heterocycles. The van der Waals surface area contributed by atoms with E-state index >= 15 is 0 Å². The van der Waals surface area contributed by atoms with Gasteiger partial charge in [-0.3, -0.25) is 4.79 Å². The van der Waals surface area contributed by atoms with Gasteiger partial charge in [0.2, 0.25) is 11.8 Å². The fourth-order valence-corrected chi connectivity index (χ4v) is 3.36. The maximum Gasteiger partial charge on any atom is 0.227 e. The molecule has 0 bridgehead atoms. The topological polar surface area (TPSA) is 55.1 Å². The molecule has 1 N–H and O–H groups in total. The number of hydrogen-bond donors (Lipinski definition) is 1. The summed E-state index contributed by atoms with van der Waals surface area (Å²) in [5.41, 5.74) is 5.60. The van der Waals surface area contributed by atoms with Crippen LogP contribution in [0.15, 0.2) is 77.2 Å². The van der Waals surface area contributed by atoms with Crippen LogP contribution in [0.4, 0.5) is 5.69 Å². The van der Waals surface area contributed by atoms with E-state index in [2.05, 4.69) is 43.2 Å². The number of aromatic nitrogens is 1. The van der Waals surface area contributed by atoms with Gasteiger partial charge in [-0.05, 0) is 47.2 Å². The SMILES string of the molecule is CC(C)(C)c1ccc(-c2nc3ccc(NC(=O)CCc4ccccc4)cc3o2)cc1. The summed E-state index contributed by atoms with van der Waals surface area (Å²) in [5, 5.41) is 2.95. The molecule has 0 spiro atoms. The van der Waals surface area contributed by atoms with Crippen molar-refractivity contribution < 1.29 is 9.21 Å². The van der Waals surface area contributed by atoms with Crippen LogP contribution in [0.25, 0.3) is 22.6 Å². The van der Waals surface area contributed by atoms with Gasteiger partial charge in [0.05, 0.1) is 0 Å². The fourth-order valence-electron chi connectivity index (χ4n) is 3.36. The summed E-state index contributed by atoms with van der Waals surface area (Å²) < 4.78 is 5.97. The molecule has 0 aliphatic heterocycles. The van der Waals surface area contributed by atoms with E-state index < -0.39 is 0 Å². The minimum absolute atomic E-state index is 0.0179. The van der Waals surface area contributed by atoms with Gasteiger partial charge in [-0.1, -0.05) is 63.2 Å². The van der Waals surface area contributed by atoms with Gasteiger partial charge in [0.25, 0.3) is 0 Å². The molecule has 1 heterocycles. The highest BCUT2D eigenvalue weighted by Crippen LogP contribution is 2.29. The Labute approximate surface area is 177 Å². The molecule has 3 aromatic carbocycles.